The van der Waals surface area contributed by atoms with E-state index in [1.54, 1.807) is 4.40 Å². The van der Waals surface area contributed by atoms with Gasteiger partial charge in [-0.15, -0.1) is 12.4 Å². The van der Waals surface area contributed by atoms with Crippen molar-refractivity contribution in [1.82, 2.24) is 9.38 Å². The Morgan fingerprint density at radius 3 is 2.94 bits per heavy atom. The number of aromatic nitrogens is 2. The Morgan fingerprint density at radius 2 is 2.12 bits per heavy atom. The Balaban J connectivity index is 0.000000963. The molecule has 1 aliphatic rings. The van der Waals surface area contributed by atoms with Crippen molar-refractivity contribution in [2.45, 2.75) is 26.2 Å². The fourth-order valence-corrected chi connectivity index (χ4v) is 2.31. The van der Waals surface area contributed by atoms with Gasteiger partial charge in [-0.1, -0.05) is 6.07 Å². The van der Waals surface area contributed by atoms with Gasteiger partial charge in [0, 0.05) is 11.3 Å². The summed E-state index contributed by atoms with van der Waals surface area (Å²) in [7, 11) is 0. The second kappa shape index (κ2) is 3.91. The molecule has 0 radical (unpaired) electrons. The number of nitrogens with zero attached hydrogens (tertiary/aromatic N) is 2. The molecule has 0 atom stereocenters. The molecule has 0 saturated carbocycles. The molecule has 1 aliphatic carbocycles. The lowest BCUT2D eigenvalue weighted by Crippen LogP contribution is -2.21. The van der Waals surface area contributed by atoms with Crippen LogP contribution in [0.3, 0.4) is 0 Å². The molecule has 0 bridgehead atoms. The number of hydrogen-bond acceptors (Lipinski definition) is 2. The third-order valence-corrected chi connectivity index (χ3v) is 3.06. The van der Waals surface area contributed by atoms with Gasteiger partial charge >= 0.3 is 0 Å². The smallest absolute Gasteiger partial charge is 0.261 e. The van der Waals surface area contributed by atoms with Crippen LogP contribution in [-0.4, -0.2) is 9.38 Å². The Morgan fingerprint density at radius 1 is 1.31 bits per heavy atom. The molecule has 0 aromatic carbocycles. The number of halogens is 1. The Hall–Kier alpha value is -1.35. The van der Waals surface area contributed by atoms with Gasteiger partial charge in [0.25, 0.3) is 5.56 Å². The summed E-state index contributed by atoms with van der Waals surface area (Å²) in [6, 6.07) is 5.78. The highest BCUT2D eigenvalue weighted by Gasteiger charge is 2.18. The zero-order valence-corrected chi connectivity index (χ0v) is 9.88. The van der Waals surface area contributed by atoms with Crippen molar-refractivity contribution in [3.05, 3.63) is 45.5 Å². The molecule has 4 heteroatoms. The monoisotopic (exact) mass is 236 g/mol. The first kappa shape index (κ1) is 11.1. The van der Waals surface area contributed by atoms with Crippen LogP contribution in [0.1, 0.15) is 23.4 Å². The zero-order valence-electron chi connectivity index (χ0n) is 9.06. The van der Waals surface area contributed by atoms with Gasteiger partial charge in [0.2, 0.25) is 0 Å². The van der Waals surface area contributed by atoms with Gasteiger partial charge < -0.3 is 0 Å². The van der Waals surface area contributed by atoms with Crippen molar-refractivity contribution in [2.24, 2.45) is 0 Å². The van der Waals surface area contributed by atoms with E-state index < -0.39 is 0 Å². The molecule has 2 aromatic heterocycles. The minimum Gasteiger partial charge on any atom is -0.269 e. The van der Waals surface area contributed by atoms with E-state index in [0.717, 1.165) is 41.9 Å². The summed E-state index contributed by atoms with van der Waals surface area (Å²) >= 11 is 0. The predicted octanol–water partition coefficient (Wildman–Crippen LogP) is 1.91. The van der Waals surface area contributed by atoms with Gasteiger partial charge in [-0.05, 0) is 38.3 Å². The number of hydrogen-bond donors (Lipinski definition) is 0. The molecule has 2 aromatic rings. The van der Waals surface area contributed by atoms with Gasteiger partial charge in [0.1, 0.15) is 5.65 Å². The molecule has 0 saturated heterocycles. The minimum absolute atomic E-state index is 0. The maximum Gasteiger partial charge on any atom is 0.261 e. The van der Waals surface area contributed by atoms with E-state index in [2.05, 4.69) is 4.98 Å². The van der Waals surface area contributed by atoms with Gasteiger partial charge in [-0.2, -0.15) is 0 Å². The van der Waals surface area contributed by atoms with Gasteiger partial charge in [0.15, 0.2) is 0 Å². The highest BCUT2D eigenvalue weighted by atomic mass is 35.5. The van der Waals surface area contributed by atoms with Crippen LogP contribution >= 0.6 is 12.4 Å². The number of fused-ring (bicyclic) bond motifs is 2. The van der Waals surface area contributed by atoms with Crippen molar-refractivity contribution in [3.63, 3.8) is 0 Å². The van der Waals surface area contributed by atoms with Gasteiger partial charge in [-0.25, -0.2) is 4.98 Å². The van der Waals surface area contributed by atoms with Crippen LogP contribution in [0.25, 0.3) is 5.65 Å². The molecule has 0 aliphatic heterocycles. The normalized spacial score (nSPS) is 13.6. The lowest BCUT2D eigenvalue weighted by Gasteiger charge is -2.06. The van der Waals surface area contributed by atoms with Crippen LogP contribution in [0.15, 0.2) is 23.0 Å². The van der Waals surface area contributed by atoms with Crippen LogP contribution in [0.4, 0.5) is 0 Å². The first-order chi connectivity index (χ1) is 7.27. The van der Waals surface area contributed by atoms with E-state index in [1.165, 1.54) is 0 Å². The zero-order chi connectivity index (χ0) is 10.4. The summed E-state index contributed by atoms with van der Waals surface area (Å²) < 4.78 is 1.71. The van der Waals surface area contributed by atoms with E-state index in [1.807, 2.05) is 25.1 Å². The highest BCUT2D eigenvalue weighted by molar-refractivity contribution is 5.85. The van der Waals surface area contributed by atoms with E-state index in [-0.39, 0.29) is 18.0 Å². The second-order valence-corrected chi connectivity index (χ2v) is 4.06. The Bertz CT molecular complexity index is 604. The first-order valence-corrected chi connectivity index (χ1v) is 5.27. The minimum atomic E-state index is 0. The van der Waals surface area contributed by atoms with Crippen LogP contribution in [-0.2, 0) is 12.8 Å². The summed E-state index contributed by atoms with van der Waals surface area (Å²) in [6.07, 6.45) is 2.90. The molecular weight excluding hydrogens is 224 g/mol. The largest absolute Gasteiger partial charge is 0.269 e. The van der Waals surface area contributed by atoms with Crippen LogP contribution in [0, 0.1) is 6.92 Å². The summed E-state index contributed by atoms with van der Waals surface area (Å²) in [5.74, 6) is 0. The maximum absolute atomic E-state index is 12.2. The summed E-state index contributed by atoms with van der Waals surface area (Å²) in [5, 5.41) is 0. The number of aryl methyl sites for hydroxylation is 2. The predicted molar refractivity (Wildman–Crippen MR) is 65.5 cm³/mol. The molecule has 84 valence electrons. The fourth-order valence-electron chi connectivity index (χ4n) is 2.31. The summed E-state index contributed by atoms with van der Waals surface area (Å²) in [5.41, 5.74) is 3.79. The molecule has 2 heterocycles. The lowest BCUT2D eigenvalue weighted by atomic mass is 10.2. The Labute approximate surface area is 99.5 Å². The molecule has 0 unspecified atom stereocenters. The molecule has 0 amide bonds. The molecule has 0 spiro atoms. The van der Waals surface area contributed by atoms with E-state index in [9.17, 15) is 4.79 Å². The molecule has 3 nitrogen and oxygen atoms in total. The van der Waals surface area contributed by atoms with Crippen molar-refractivity contribution in [3.8, 4) is 0 Å². The molecule has 16 heavy (non-hydrogen) atoms. The Kier molecular flexibility index (Phi) is 2.72. The maximum atomic E-state index is 12.2. The average molecular weight is 237 g/mol. The molecule has 3 rings (SSSR count). The molecule has 0 fully saturated rings. The second-order valence-electron chi connectivity index (χ2n) is 4.06. The third-order valence-electron chi connectivity index (χ3n) is 3.06. The van der Waals surface area contributed by atoms with E-state index >= 15 is 0 Å². The quantitative estimate of drug-likeness (QED) is 0.700. The SMILES string of the molecule is Cc1cccc2nc3c(c(=O)n12)CCC3.Cl. The topological polar surface area (TPSA) is 34.4 Å². The summed E-state index contributed by atoms with van der Waals surface area (Å²) in [6.45, 7) is 1.94. The highest BCUT2D eigenvalue weighted by Crippen LogP contribution is 2.17. The molecular formula is C12H13ClN2O. The van der Waals surface area contributed by atoms with Crippen molar-refractivity contribution in [1.29, 1.82) is 0 Å². The molecule has 0 N–H and O–H groups in total. The van der Waals surface area contributed by atoms with E-state index in [4.69, 9.17) is 0 Å². The average Bonchev–Trinajstić information content (AvgIpc) is 2.66. The number of rotatable bonds is 0. The van der Waals surface area contributed by atoms with Crippen molar-refractivity contribution < 1.29 is 0 Å². The van der Waals surface area contributed by atoms with E-state index in [0.29, 0.717) is 0 Å². The van der Waals surface area contributed by atoms with Gasteiger partial charge in [0.05, 0.1) is 5.69 Å². The standard InChI is InChI=1S/C12H12N2O.ClH/c1-8-4-2-7-11-13-10-6-3-5-9(10)12(15)14(8)11;/h2,4,7H,3,5-6H2,1H3;1H. The lowest BCUT2D eigenvalue weighted by molar-refractivity contribution is 0.899. The third kappa shape index (κ3) is 1.43. The summed E-state index contributed by atoms with van der Waals surface area (Å²) in [4.78, 5) is 16.7. The van der Waals surface area contributed by atoms with Crippen LogP contribution in [0.5, 0.6) is 0 Å². The van der Waals surface area contributed by atoms with Crippen LogP contribution < -0.4 is 5.56 Å². The van der Waals surface area contributed by atoms with Crippen LogP contribution in [0.2, 0.25) is 0 Å². The first-order valence-electron chi connectivity index (χ1n) is 5.27. The van der Waals surface area contributed by atoms with Gasteiger partial charge in [-0.3, -0.25) is 9.20 Å². The fraction of sp³-hybridized carbons (Fsp3) is 0.333. The van der Waals surface area contributed by atoms with Crippen molar-refractivity contribution in [2.75, 3.05) is 0 Å². The number of pyridine rings is 1. The van der Waals surface area contributed by atoms with Crippen molar-refractivity contribution >= 4 is 18.1 Å².